The fraction of sp³-hybridized carbons (Fsp3) is 0.0781. The number of hydrogen-bond acceptors (Lipinski definition) is 4. The number of benzene rings is 10. The van der Waals surface area contributed by atoms with Crippen LogP contribution in [-0.2, 0) is 0 Å². The standard InChI is InChI=1S/C64H44N4O2/c1-38-27-31-52(42-28-30-48-47-21-9-13-25-57(47)69-59(48)35-42)66(2)64(68-53-23-11-7-19-45(53)46-20-8-12-24-54(46)68)65-63(38)51-36-43(37-60-62(51)49-22-10-14-26-58(49)70-60)67-55-32-29-39-15-5-6-18-44(39)61(55)50-33-40-16-3-4-17-41(40)34-56(50)67/h3-26,28-38,64H,27H2,1-2H3/b52-31+,65-63?. The Hall–Kier alpha value is -8.87. The zero-order valence-electron chi connectivity index (χ0n) is 38.6. The van der Waals surface area contributed by atoms with Gasteiger partial charge in [-0.1, -0.05) is 146 Å². The molecule has 0 saturated carbocycles. The average Bonchev–Trinajstić information content (AvgIpc) is 4.15. The van der Waals surface area contributed by atoms with Crippen LogP contribution in [0.2, 0.25) is 0 Å². The highest BCUT2D eigenvalue weighted by Gasteiger charge is 2.31. The van der Waals surface area contributed by atoms with Gasteiger partial charge in [0.1, 0.15) is 22.3 Å². The molecule has 0 amide bonds. The highest BCUT2D eigenvalue weighted by Crippen LogP contribution is 2.44. The monoisotopic (exact) mass is 900 g/mol. The van der Waals surface area contributed by atoms with Crippen molar-refractivity contribution < 1.29 is 8.83 Å². The number of furan rings is 2. The van der Waals surface area contributed by atoms with Crippen LogP contribution in [0.5, 0.6) is 0 Å². The van der Waals surface area contributed by atoms with Crippen LogP contribution < -0.4 is 0 Å². The summed E-state index contributed by atoms with van der Waals surface area (Å²) in [6.45, 7) is 2.34. The first kappa shape index (κ1) is 39.2. The summed E-state index contributed by atoms with van der Waals surface area (Å²) in [7, 11) is 2.20. The molecular weight excluding hydrogens is 857 g/mol. The molecule has 0 saturated heterocycles. The smallest absolute Gasteiger partial charge is 0.203 e. The van der Waals surface area contributed by atoms with Crippen molar-refractivity contribution in [2.75, 3.05) is 7.05 Å². The summed E-state index contributed by atoms with van der Waals surface area (Å²) < 4.78 is 18.3. The Morgan fingerprint density at radius 2 is 1.07 bits per heavy atom. The summed E-state index contributed by atoms with van der Waals surface area (Å²) in [6.07, 6.45) is 2.69. The fourth-order valence-corrected chi connectivity index (χ4v) is 11.9. The van der Waals surface area contributed by atoms with Crippen molar-refractivity contribution in [3.05, 3.63) is 217 Å². The molecule has 10 aromatic carbocycles. The van der Waals surface area contributed by atoms with Crippen LogP contribution in [0.3, 0.4) is 0 Å². The quantitative estimate of drug-likeness (QED) is 0.177. The van der Waals surface area contributed by atoms with Crippen molar-refractivity contribution in [1.29, 1.82) is 0 Å². The molecule has 0 bridgehead atoms. The molecule has 0 fully saturated rings. The molecule has 14 aromatic rings. The van der Waals surface area contributed by atoms with E-state index in [9.17, 15) is 0 Å². The third-order valence-electron chi connectivity index (χ3n) is 15.2. The maximum absolute atomic E-state index is 6.94. The first-order chi connectivity index (χ1) is 34.5. The summed E-state index contributed by atoms with van der Waals surface area (Å²) in [4.78, 5) is 8.51. The van der Waals surface area contributed by atoms with Crippen LogP contribution in [0.15, 0.2) is 220 Å². The molecule has 2 unspecified atom stereocenters. The highest BCUT2D eigenvalue weighted by atomic mass is 16.3. The van der Waals surface area contributed by atoms with Gasteiger partial charge in [-0.05, 0) is 88.6 Å². The predicted octanol–water partition coefficient (Wildman–Crippen LogP) is 17.0. The van der Waals surface area contributed by atoms with Gasteiger partial charge in [0.25, 0.3) is 0 Å². The Kier molecular flexibility index (Phi) is 8.29. The van der Waals surface area contributed by atoms with Crippen LogP contribution in [0.1, 0.15) is 30.8 Å². The number of allylic oxidation sites excluding steroid dienone is 1. The van der Waals surface area contributed by atoms with Crippen LogP contribution in [0, 0.1) is 5.92 Å². The van der Waals surface area contributed by atoms with Crippen molar-refractivity contribution in [2.45, 2.75) is 19.6 Å². The number of aliphatic imine (C=N–C) groups is 1. The van der Waals surface area contributed by atoms with E-state index in [1.165, 1.54) is 43.1 Å². The predicted molar refractivity (Wildman–Crippen MR) is 291 cm³/mol. The second-order valence-corrected chi connectivity index (χ2v) is 19.1. The number of rotatable bonds is 4. The molecule has 15 rings (SSSR count). The van der Waals surface area contributed by atoms with E-state index in [0.29, 0.717) is 0 Å². The number of fused-ring (bicyclic) bond motifs is 15. The van der Waals surface area contributed by atoms with Crippen LogP contribution >= 0.6 is 0 Å². The Morgan fingerprint density at radius 1 is 0.457 bits per heavy atom. The van der Waals surface area contributed by atoms with Crippen LogP contribution in [-0.4, -0.2) is 26.8 Å². The van der Waals surface area contributed by atoms with Gasteiger partial charge >= 0.3 is 0 Å². The molecule has 6 heteroatoms. The van der Waals surface area contributed by atoms with E-state index in [0.717, 1.165) is 101 Å². The lowest BCUT2D eigenvalue weighted by molar-refractivity contribution is 0.282. The Morgan fingerprint density at radius 3 is 1.84 bits per heavy atom. The SMILES string of the molecule is CC1C/C=C(\c2ccc3c(c2)oc2ccccc23)N(C)C(n2c3ccccc3c3ccccc32)N=C1c1cc(-n2c3cc4ccccc4cc3c3c4ccccc4ccc32)cc2oc3ccccc3c12. The second-order valence-electron chi connectivity index (χ2n) is 19.1. The van der Waals surface area contributed by atoms with Gasteiger partial charge in [-0.3, -0.25) is 0 Å². The third-order valence-corrected chi connectivity index (χ3v) is 15.2. The van der Waals surface area contributed by atoms with Gasteiger partial charge in [-0.2, -0.15) is 0 Å². The van der Waals surface area contributed by atoms with E-state index in [4.69, 9.17) is 13.8 Å². The van der Waals surface area contributed by atoms with Gasteiger partial charge in [0, 0.05) is 78.9 Å². The molecule has 0 spiro atoms. The first-order valence-electron chi connectivity index (χ1n) is 24.2. The Balaban J connectivity index is 1.02. The van der Waals surface area contributed by atoms with Crippen molar-refractivity contribution in [3.63, 3.8) is 0 Å². The van der Waals surface area contributed by atoms with E-state index in [-0.39, 0.29) is 5.92 Å². The number of nitrogens with zero attached hydrogens (tertiary/aromatic N) is 4. The van der Waals surface area contributed by atoms with Gasteiger partial charge in [0.15, 0.2) is 0 Å². The van der Waals surface area contributed by atoms with E-state index in [1.807, 2.05) is 12.1 Å². The van der Waals surface area contributed by atoms with E-state index in [1.54, 1.807) is 0 Å². The summed E-state index contributed by atoms with van der Waals surface area (Å²) in [5.41, 5.74) is 13.3. The molecule has 1 aliphatic heterocycles. The number of hydrogen-bond donors (Lipinski definition) is 0. The normalized spacial score (nSPS) is 16.7. The minimum absolute atomic E-state index is 0.00683. The maximum Gasteiger partial charge on any atom is 0.203 e. The lowest BCUT2D eigenvalue weighted by atomic mass is 9.90. The van der Waals surface area contributed by atoms with Gasteiger partial charge in [0.05, 0.1) is 33.5 Å². The van der Waals surface area contributed by atoms with Crippen LogP contribution in [0.4, 0.5) is 0 Å². The third kappa shape index (κ3) is 5.65. The molecule has 0 N–H and O–H groups in total. The minimum Gasteiger partial charge on any atom is -0.456 e. The van der Waals surface area contributed by atoms with Crippen molar-refractivity contribution in [2.24, 2.45) is 10.9 Å². The van der Waals surface area contributed by atoms with E-state index in [2.05, 4.69) is 222 Å². The summed E-state index contributed by atoms with van der Waals surface area (Å²) in [6, 6.07) is 72.3. The van der Waals surface area contributed by atoms with E-state index < -0.39 is 6.29 Å². The molecule has 1 aliphatic rings. The number of para-hydroxylation sites is 4. The summed E-state index contributed by atoms with van der Waals surface area (Å²) >= 11 is 0. The average molecular weight is 901 g/mol. The topological polar surface area (TPSA) is 51.7 Å². The molecule has 0 aliphatic carbocycles. The first-order valence-corrected chi connectivity index (χ1v) is 24.2. The second kappa shape index (κ2) is 14.8. The molecule has 2 atom stereocenters. The maximum atomic E-state index is 6.94. The molecule has 70 heavy (non-hydrogen) atoms. The molecule has 6 nitrogen and oxygen atoms in total. The summed E-state index contributed by atoms with van der Waals surface area (Å²) in [5, 5.41) is 14.1. The molecular formula is C64H44N4O2. The largest absolute Gasteiger partial charge is 0.456 e. The summed E-state index contributed by atoms with van der Waals surface area (Å²) in [5.74, 6) is 0.00683. The minimum atomic E-state index is -0.483. The van der Waals surface area contributed by atoms with Gasteiger partial charge in [-0.15, -0.1) is 0 Å². The van der Waals surface area contributed by atoms with Gasteiger partial charge in [-0.25, -0.2) is 4.99 Å². The molecule has 0 radical (unpaired) electrons. The molecule has 4 aromatic heterocycles. The zero-order chi connectivity index (χ0) is 46.2. The van der Waals surface area contributed by atoms with Crippen molar-refractivity contribution >= 4 is 120 Å². The zero-order valence-corrected chi connectivity index (χ0v) is 38.6. The van der Waals surface area contributed by atoms with Gasteiger partial charge < -0.3 is 22.9 Å². The lowest BCUT2D eigenvalue weighted by Crippen LogP contribution is -2.31. The Bertz CT molecular complexity index is 4520. The Labute approximate surface area is 402 Å². The lowest BCUT2D eigenvalue weighted by Gasteiger charge is -2.35. The van der Waals surface area contributed by atoms with Crippen LogP contribution in [0.25, 0.3) is 120 Å². The van der Waals surface area contributed by atoms with Crippen molar-refractivity contribution in [1.82, 2.24) is 14.0 Å². The molecule has 332 valence electrons. The van der Waals surface area contributed by atoms with Crippen molar-refractivity contribution in [3.8, 4) is 5.69 Å². The highest BCUT2D eigenvalue weighted by molar-refractivity contribution is 6.24. The fourth-order valence-electron chi connectivity index (χ4n) is 11.9. The molecule has 5 heterocycles. The van der Waals surface area contributed by atoms with E-state index >= 15 is 0 Å². The van der Waals surface area contributed by atoms with Gasteiger partial charge in [0.2, 0.25) is 6.29 Å². The number of aromatic nitrogens is 2.